The number of alkyl halides is 3. The highest BCUT2D eigenvalue weighted by atomic mass is 35.5. The van der Waals surface area contributed by atoms with Crippen molar-refractivity contribution in [3.8, 4) is 5.75 Å². The van der Waals surface area contributed by atoms with Crippen molar-refractivity contribution in [2.24, 2.45) is 0 Å². The summed E-state index contributed by atoms with van der Waals surface area (Å²) in [6, 6.07) is 13.8. The van der Waals surface area contributed by atoms with E-state index in [9.17, 15) is 13.2 Å². The Bertz CT molecular complexity index is 1030. The number of ether oxygens (including phenoxy) is 1. The molecule has 1 heterocycles. The second-order valence-corrected chi connectivity index (χ2v) is 9.45. The lowest BCUT2D eigenvalue weighted by Gasteiger charge is -2.26. The number of benzene rings is 2. The highest BCUT2D eigenvalue weighted by Gasteiger charge is 2.34. The van der Waals surface area contributed by atoms with Gasteiger partial charge in [-0.05, 0) is 70.5 Å². The van der Waals surface area contributed by atoms with Gasteiger partial charge in [-0.15, -0.1) is 0 Å². The van der Waals surface area contributed by atoms with E-state index in [-0.39, 0.29) is 17.5 Å². The monoisotopic (exact) mass is 511 g/mol. The molecule has 34 heavy (non-hydrogen) atoms. The highest BCUT2D eigenvalue weighted by Crippen LogP contribution is 2.36. The van der Waals surface area contributed by atoms with Crippen LogP contribution in [0.3, 0.4) is 0 Å². The summed E-state index contributed by atoms with van der Waals surface area (Å²) in [7, 11) is 0. The molecule has 1 atom stereocenters. The molecule has 184 valence electrons. The van der Waals surface area contributed by atoms with Crippen molar-refractivity contribution in [3.63, 3.8) is 0 Å². The van der Waals surface area contributed by atoms with Crippen molar-refractivity contribution in [1.82, 2.24) is 4.90 Å². The van der Waals surface area contributed by atoms with E-state index in [0.717, 1.165) is 17.4 Å². The number of aliphatic hydroxyl groups excluding tert-OH is 1. The van der Waals surface area contributed by atoms with Crippen LogP contribution < -0.4 is 4.74 Å². The summed E-state index contributed by atoms with van der Waals surface area (Å²) in [4.78, 5) is 2.13. The van der Waals surface area contributed by atoms with Gasteiger partial charge in [0.05, 0.1) is 17.2 Å². The Hall–Kier alpha value is -2.06. The molecule has 0 aliphatic carbocycles. The minimum absolute atomic E-state index is 0.0822. The molecule has 0 radical (unpaired) electrons. The standard InChI is InChI=1S/C26H29ClF3NO2S/c1-19(22-10-14-34-18-22)16-31(17-21-6-3-8-24(25(21)27)26(28,29)30)11-4-13-33-23-7-2-5-20(15-23)9-12-32/h2-3,5-8,10,14-15,18-19,32H,4,9,11-13,16-17H2,1H3/t19-/m0/s1. The molecule has 2 aromatic carbocycles. The van der Waals surface area contributed by atoms with Crippen molar-refractivity contribution >= 4 is 22.9 Å². The molecular weight excluding hydrogens is 483 g/mol. The van der Waals surface area contributed by atoms with E-state index in [1.165, 1.54) is 11.6 Å². The van der Waals surface area contributed by atoms with Crippen molar-refractivity contribution in [1.29, 1.82) is 0 Å². The Balaban J connectivity index is 1.66. The molecule has 0 unspecified atom stereocenters. The second-order valence-electron chi connectivity index (χ2n) is 8.29. The zero-order valence-electron chi connectivity index (χ0n) is 19.0. The molecule has 0 bridgehead atoms. The van der Waals surface area contributed by atoms with Gasteiger partial charge in [-0.2, -0.15) is 24.5 Å². The van der Waals surface area contributed by atoms with E-state index in [1.807, 2.05) is 29.6 Å². The van der Waals surface area contributed by atoms with Gasteiger partial charge in [0, 0.05) is 26.2 Å². The average molecular weight is 512 g/mol. The van der Waals surface area contributed by atoms with Gasteiger partial charge in [0.1, 0.15) is 5.75 Å². The zero-order valence-corrected chi connectivity index (χ0v) is 20.6. The molecule has 1 aromatic heterocycles. The van der Waals surface area contributed by atoms with Crippen molar-refractivity contribution in [2.75, 3.05) is 26.3 Å². The fourth-order valence-corrected chi connectivity index (χ4v) is 4.92. The van der Waals surface area contributed by atoms with Gasteiger partial charge in [0.15, 0.2) is 0 Å². The number of rotatable bonds is 12. The van der Waals surface area contributed by atoms with Crippen LogP contribution in [-0.4, -0.2) is 36.3 Å². The molecule has 3 nitrogen and oxygen atoms in total. The Kier molecular flexibility index (Phi) is 9.83. The smallest absolute Gasteiger partial charge is 0.417 e. The van der Waals surface area contributed by atoms with Crippen LogP contribution in [0.25, 0.3) is 0 Å². The van der Waals surface area contributed by atoms with Crippen LogP contribution in [0.4, 0.5) is 13.2 Å². The highest BCUT2D eigenvalue weighted by molar-refractivity contribution is 7.07. The summed E-state index contributed by atoms with van der Waals surface area (Å²) < 4.78 is 45.8. The van der Waals surface area contributed by atoms with Crippen molar-refractivity contribution < 1.29 is 23.0 Å². The molecule has 0 saturated heterocycles. The van der Waals surface area contributed by atoms with E-state index in [1.54, 1.807) is 17.4 Å². The normalized spacial score (nSPS) is 12.8. The Morgan fingerprint density at radius 3 is 2.65 bits per heavy atom. The van der Waals surface area contributed by atoms with E-state index in [4.69, 9.17) is 21.4 Å². The summed E-state index contributed by atoms with van der Waals surface area (Å²) in [5, 5.41) is 13.0. The first-order valence-electron chi connectivity index (χ1n) is 11.2. The van der Waals surface area contributed by atoms with Gasteiger partial charge >= 0.3 is 6.18 Å². The summed E-state index contributed by atoms with van der Waals surface area (Å²) in [5.74, 6) is 0.969. The maximum absolute atomic E-state index is 13.3. The predicted octanol–water partition coefficient (Wildman–Crippen LogP) is 7.03. The number of thiophene rings is 1. The molecule has 0 fully saturated rings. The van der Waals surface area contributed by atoms with Crippen LogP contribution in [-0.2, 0) is 19.1 Å². The molecule has 0 aliphatic rings. The lowest BCUT2D eigenvalue weighted by Crippen LogP contribution is -2.29. The topological polar surface area (TPSA) is 32.7 Å². The van der Waals surface area contributed by atoms with Crippen LogP contribution in [0.1, 0.15) is 41.5 Å². The first-order valence-corrected chi connectivity index (χ1v) is 12.5. The molecule has 0 amide bonds. The minimum atomic E-state index is -4.49. The summed E-state index contributed by atoms with van der Waals surface area (Å²) >= 11 is 7.80. The number of halogens is 4. The molecule has 0 spiro atoms. The Morgan fingerprint density at radius 2 is 1.94 bits per heavy atom. The fourth-order valence-electron chi connectivity index (χ4n) is 3.84. The Labute approximate surface area is 207 Å². The second kappa shape index (κ2) is 12.6. The van der Waals surface area contributed by atoms with Gasteiger partial charge in [-0.1, -0.05) is 42.8 Å². The van der Waals surface area contributed by atoms with Gasteiger partial charge < -0.3 is 9.84 Å². The molecule has 1 N–H and O–H groups in total. The van der Waals surface area contributed by atoms with Crippen molar-refractivity contribution in [2.45, 2.75) is 38.4 Å². The molecule has 3 rings (SSSR count). The number of hydrogen-bond donors (Lipinski definition) is 1. The molecule has 8 heteroatoms. The lowest BCUT2D eigenvalue weighted by molar-refractivity contribution is -0.137. The lowest BCUT2D eigenvalue weighted by atomic mass is 10.0. The third-order valence-electron chi connectivity index (χ3n) is 5.61. The third-order valence-corrected chi connectivity index (χ3v) is 6.76. The van der Waals surface area contributed by atoms with E-state index in [2.05, 4.69) is 23.3 Å². The average Bonchev–Trinajstić information content (AvgIpc) is 3.33. The van der Waals surface area contributed by atoms with Crippen LogP contribution in [0, 0.1) is 0 Å². The predicted molar refractivity (Wildman–Crippen MR) is 132 cm³/mol. The minimum Gasteiger partial charge on any atom is -0.494 e. The van der Waals surface area contributed by atoms with Crippen LogP contribution in [0.2, 0.25) is 5.02 Å². The SMILES string of the molecule is C[C@@H](CN(CCCOc1cccc(CCO)c1)Cc1cccc(C(F)(F)F)c1Cl)c1ccsc1. The van der Waals surface area contributed by atoms with Gasteiger partial charge in [0.25, 0.3) is 0 Å². The van der Waals surface area contributed by atoms with Crippen LogP contribution >= 0.6 is 22.9 Å². The first kappa shape index (κ1) is 26.5. The maximum Gasteiger partial charge on any atom is 0.417 e. The Morgan fingerprint density at radius 1 is 1.15 bits per heavy atom. The number of nitrogens with zero attached hydrogens (tertiary/aromatic N) is 1. The van der Waals surface area contributed by atoms with Crippen LogP contribution in [0.5, 0.6) is 5.75 Å². The van der Waals surface area contributed by atoms with E-state index in [0.29, 0.717) is 44.6 Å². The van der Waals surface area contributed by atoms with E-state index < -0.39 is 11.7 Å². The molecular formula is C26H29ClF3NO2S. The molecule has 0 saturated carbocycles. The zero-order chi connectivity index (χ0) is 24.6. The number of hydrogen-bond acceptors (Lipinski definition) is 4. The van der Waals surface area contributed by atoms with Crippen LogP contribution in [0.15, 0.2) is 59.3 Å². The third kappa shape index (κ3) is 7.73. The number of aliphatic hydroxyl groups is 1. The summed E-state index contributed by atoms with van der Waals surface area (Å²) in [6.45, 7) is 4.34. The summed E-state index contributed by atoms with van der Waals surface area (Å²) in [5.41, 5.74) is 1.88. The van der Waals surface area contributed by atoms with Gasteiger partial charge in [-0.3, -0.25) is 4.90 Å². The summed E-state index contributed by atoms with van der Waals surface area (Å²) in [6.07, 6.45) is -3.21. The largest absolute Gasteiger partial charge is 0.494 e. The quantitative estimate of drug-likeness (QED) is 0.265. The van der Waals surface area contributed by atoms with Gasteiger partial charge in [-0.25, -0.2) is 0 Å². The maximum atomic E-state index is 13.3. The molecule has 0 aliphatic heterocycles. The first-order chi connectivity index (χ1) is 16.3. The van der Waals surface area contributed by atoms with E-state index >= 15 is 0 Å². The fraction of sp³-hybridized carbons (Fsp3) is 0.385. The van der Waals surface area contributed by atoms with Gasteiger partial charge in [0.2, 0.25) is 0 Å². The van der Waals surface area contributed by atoms with Crippen molar-refractivity contribution in [3.05, 3.63) is 86.6 Å². The molecule has 3 aromatic rings.